The van der Waals surface area contributed by atoms with Gasteiger partial charge < -0.3 is 10.3 Å². The molecule has 0 aliphatic heterocycles. The predicted molar refractivity (Wildman–Crippen MR) is 73.4 cm³/mol. The van der Waals surface area contributed by atoms with Gasteiger partial charge in [0.05, 0.1) is 10.9 Å². The second-order valence-corrected chi connectivity index (χ2v) is 4.56. The second kappa shape index (κ2) is 4.76. The van der Waals surface area contributed by atoms with E-state index in [2.05, 4.69) is 20.3 Å². The van der Waals surface area contributed by atoms with E-state index in [9.17, 15) is 13.2 Å². The molecule has 3 rings (SSSR count). The van der Waals surface area contributed by atoms with E-state index in [0.717, 1.165) is 17.5 Å². The number of alkyl halides is 3. The van der Waals surface area contributed by atoms with E-state index in [4.69, 9.17) is 0 Å². The van der Waals surface area contributed by atoms with Crippen LogP contribution in [0.25, 0.3) is 11.0 Å². The Bertz CT molecular complexity index is 775. The fraction of sp³-hybridized carbons (Fsp3) is 0.143. The summed E-state index contributed by atoms with van der Waals surface area (Å²) in [5, 5.41) is 3.79. The van der Waals surface area contributed by atoms with Crippen molar-refractivity contribution in [2.45, 2.75) is 13.1 Å². The van der Waals surface area contributed by atoms with Crippen molar-refractivity contribution in [1.82, 2.24) is 15.0 Å². The van der Waals surface area contributed by atoms with Crippen LogP contribution in [0.2, 0.25) is 0 Å². The second-order valence-electron chi connectivity index (χ2n) is 4.56. The number of aromatic amines is 1. The number of hydrogen-bond donors (Lipinski definition) is 2. The number of benzene rings is 1. The molecule has 2 heterocycles. The number of fused-ring (bicyclic) bond motifs is 1. The fourth-order valence-corrected chi connectivity index (χ4v) is 2.03. The molecule has 0 spiro atoms. The van der Waals surface area contributed by atoms with E-state index >= 15 is 0 Å². The van der Waals surface area contributed by atoms with Gasteiger partial charge in [-0.2, -0.15) is 13.2 Å². The number of nitrogens with zero attached hydrogens (tertiary/aromatic N) is 2. The average Bonchev–Trinajstić information content (AvgIpc) is 2.86. The van der Waals surface area contributed by atoms with E-state index < -0.39 is 11.7 Å². The molecule has 2 N–H and O–H groups in total. The van der Waals surface area contributed by atoms with Gasteiger partial charge in [-0.3, -0.25) is 0 Å². The van der Waals surface area contributed by atoms with Crippen molar-refractivity contribution in [2.75, 3.05) is 5.32 Å². The van der Waals surface area contributed by atoms with Crippen molar-refractivity contribution >= 4 is 22.5 Å². The summed E-state index contributed by atoms with van der Waals surface area (Å²) in [6, 6.07) is 6.62. The van der Waals surface area contributed by atoms with Gasteiger partial charge in [-0.05, 0) is 37.3 Å². The lowest BCUT2D eigenvalue weighted by Crippen LogP contribution is -2.04. The number of rotatable bonds is 2. The summed E-state index contributed by atoms with van der Waals surface area (Å²) in [5.74, 6) is 1.12. The average molecular weight is 292 g/mol. The maximum absolute atomic E-state index is 12.5. The minimum Gasteiger partial charge on any atom is -0.346 e. The van der Waals surface area contributed by atoms with Crippen molar-refractivity contribution < 1.29 is 13.2 Å². The van der Waals surface area contributed by atoms with E-state index in [1.54, 1.807) is 19.2 Å². The molecule has 108 valence electrons. The zero-order valence-electron chi connectivity index (χ0n) is 11.0. The number of H-pyrrole nitrogens is 1. The van der Waals surface area contributed by atoms with Crippen molar-refractivity contribution in [3.05, 3.63) is 47.9 Å². The monoisotopic (exact) mass is 292 g/mol. The van der Waals surface area contributed by atoms with E-state index in [0.29, 0.717) is 23.0 Å². The summed E-state index contributed by atoms with van der Waals surface area (Å²) in [4.78, 5) is 11.5. The Morgan fingerprint density at radius 2 is 1.76 bits per heavy atom. The van der Waals surface area contributed by atoms with Crippen LogP contribution in [0.1, 0.15) is 11.4 Å². The molecule has 0 aliphatic carbocycles. The molecule has 0 amide bonds. The molecule has 0 radical (unpaired) electrons. The Morgan fingerprint density at radius 3 is 2.43 bits per heavy atom. The lowest BCUT2D eigenvalue weighted by molar-refractivity contribution is -0.137. The molecule has 7 heteroatoms. The van der Waals surface area contributed by atoms with Crippen LogP contribution in [0.15, 0.2) is 36.5 Å². The lowest BCUT2D eigenvalue weighted by Gasteiger charge is -2.10. The quantitative estimate of drug-likeness (QED) is 0.749. The van der Waals surface area contributed by atoms with Gasteiger partial charge in [0.1, 0.15) is 17.3 Å². The number of hydrogen-bond acceptors (Lipinski definition) is 3. The summed E-state index contributed by atoms with van der Waals surface area (Å²) < 4.78 is 37.6. The van der Waals surface area contributed by atoms with Crippen LogP contribution in [0.3, 0.4) is 0 Å². The molecule has 2 aromatic heterocycles. The first-order chi connectivity index (χ1) is 9.93. The Kier molecular flexibility index (Phi) is 3.04. The zero-order valence-corrected chi connectivity index (χ0v) is 11.0. The minimum absolute atomic E-state index is 0.531. The Balaban J connectivity index is 1.93. The summed E-state index contributed by atoms with van der Waals surface area (Å²) in [7, 11) is 0. The fourth-order valence-electron chi connectivity index (χ4n) is 2.03. The minimum atomic E-state index is -4.34. The number of aryl methyl sites for hydroxylation is 1. The molecular weight excluding hydrogens is 281 g/mol. The molecule has 21 heavy (non-hydrogen) atoms. The Morgan fingerprint density at radius 1 is 1.05 bits per heavy atom. The molecule has 1 aromatic carbocycles. The van der Waals surface area contributed by atoms with Crippen LogP contribution < -0.4 is 5.32 Å². The molecule has 3 aromatic rings. The summed E-state index contributed by atoms with van der Waals surface area (Å²) >= 11 is 0. The lowest BCUT2D eigenvalue weighted by atomic mass is 10.2. The highest BCUT2D eigenvalue weighted by atomic mass is 19.4. The number of anilines is 2. The molecule has 0 saturated carbocycles. The van der Waals surface area contributed by atoms with E-state index in [1.807, 2.05) is 0 Å². The van der Waals surface area contributed by atoms with Gasteiger partial charge >= 0.3 is 6.18 Å². The van der Waals surface area contributed by atoms with Crippen molar-refractivity contribution in [3.8, 4) is 0 Å². The number of halogens is 3. The number of nitrogens with one attached hydrogen (secondary N) is 2. The SMILES string of the molecule is Cc1nc(Nc2ccc(C(F)(F)F)cc2)c2cc[nH]c2n1. The molecule has 0 aliphatic rings. The normalized spacial score (nSPS) is 11.8. The van der Waals surface area contributed by atoms with Crippen LogP contribution >= 0.6 is 0 Å². The highest BCUT2D eigenvalue weighted by molar-refractivity contribution is 5.88. The van der Waals surface area contributed by atoms with Crippen LogP contribution in [-0.2, 0) is 6.18 Å². The van der Waals surface area contributed by atoms with Crippen LogP contribution in [0.4, 0.5) is 24.7 Å². The first-order valence-electron chi connectivity index (χ1n) is 6.19. The third kappa shape index (κ3) is 2.67. The zero-order chi connectivity index (χ0) is 15.0. The van der Waals surface area contributed by atoms with Crippen LogP contribution in [0, 0.1) is 6.92 Å². The Hall–Kier alpha value is -2.57. The first kappa shape index (κ1) is 13.4. The van der Waals surface area contributed by atoms with Crippen LogP contribution in [-0.4, -0.2) is 15.0 Å². The summed E-state index contributed by atoms with van der Waals surface area (Å²) in [6.07, 6.45) is -2.60. The van der Waals surface area contributed by atoms with Crippen molar-refractivity contribution in [1.29, 1.82) is 0 Å². The largest absolute Gasteiger partial charge is 0.416 e. The van der Waals surface area contributed by atoms with E-state index in [1.165, 1.54) is 12.1 Å². The van der Waals surface area contributed by atoms with Gasteiger partial charge in [0.25, 0.3) is 0 Å². The molecule has 0 unspecified atom stereocenters. The molecular formula is C14H11F3N4. The topological polar surface area (TPSA) is 53.6 Å². The molecule has 0 bridgehead atoms. The van der Waals surface area contributed by atoms with Gasteiger partial charge in [0.15, 0.2) is 0 Å². The predicted octanol–water partition coefficient (Wildman–Crippen LogP) is 4.03. The highest BCUT2D eigenvalue weighted by Gasteiger charge is 2.29. The van der Waals surface area contributed by atoms with Gasteiger partial charge in [0.2, 0.25) is 0 Å². The summed E-state index contributed by atoms with van der Waals surface area (Å²) in [6.45, 7) is 1.75. The van der Waals surface area contributed by atoms with Gasteiger partial charge in [-0.25, -0.2) is 9.97 Å². The molecule has 0 fully saturated rings. The Labute approximate surface area is 118 Å². The first-order valence-corrected chi connectivity index (χ1v) is 6.19. The smallest absolute Gasteiger partial charge is 0.346 e. The van der Waals surface area contributed by atoms with Crippen molar-refractivity contribution in [2.24, 2.45) is 0 Å². The summed E-state index contributed by atoms with van der Waals surface area (Å²) in [5.41, 5.74) is 0.527. The molecule has 0 saturated heterocycles. The van der Waals surface area contributed by atoms with Gasteiger partial charge in [0, 0.05) is 11.9 Å². The molecule has 4 nitrogen and oxygen atoms in total. The highest BCUT2D eigenvalue weighted by Crippen LogP contribution is 2.30. The van der Waals surface area contributed by atoms with Crippen molar-refractivity contribution in [3.63, 3.8) is 0 Å². The van der Waals surface area contributed by atoms with Gasteiger partial charge in [-0.15, -0.1) is 0 Å². The van der Waals surface area contributed by atoms with E-state index in [-0.39, 0.29) is 0 Å². The number of aromatic nitrogens is 3. The standard InChI is InChI=1S/C14H11F3N4/c1-8-19-12-11(6-7-18-12)13(20-8)21-10-4-2-9(3-5-10)14(15,16)17/h2-7H,1H3,(H2,18,19,20,21). The third-order valence-corrected chi connectivity index (χ3v) is 3.00. The van der Waals surface area contributed by atoms with Gasteiger partial charge in [-0.1, -0.05) is 0 Å². The maximum Gasteiger partial charge on any atom is 0.416 e. The maximum atomic E-state index is 12.5. The molecule has 0 atom stereocenters. The van der Waals surface area contributed by atoms with Crippen LogP contribution in [0.5, 0.6) is 0 Å². The third-order valence-electron chi connectivity index (χ3n) is 3.00.